The molecule has 114 valence electrons. The highest BCUT2D eigenvalue weighted by Gasteiger charge is 2.06. The first-order valence-electron chi connectivity index (χ1n) is 6.56. The van der Waals surface area contributed by atoms with Gasteiger partial charge in [0.1, 0.15) is 6.61 Å². The summed E-state index contributed by atoms with van der Waals surface area (Å²) < 4.78 is 10.7. The van der Waals surface area contributed by atoms with E-state index in [9.17, 15) is 0 Å². The van der Waals surface area contributed by atoms with Crippen molar-refractivity contribution in [2.75, 3.05) is 19.0 Å². The standard InChI is InChI=1S/C17H15Cl2NO2/c1-3-8-22-16-7-4-12(9-17(16)21-2)11-20-15-6-5-13(18)10-14(15)19/h1,4-7,9-10,20H,8,11H2,2H3. The van der Waals surface area contributed by atoms with Gasteiger partial charge >= 0.3 is 0 Å². The van der Waals surface area contributed by atoms with Crippen molar-refractivity contribution in [1.29, 1.82) is 0 Å². The van der Waals surface area contributed by atoms with E-state index in [-0.39, 0.29) is 6.61 Å². The molecule has 3 nitrogen and oxygen atoms in total. The number of hydrogen-bond acceptors (Lipinski definition) is 3. The highest BCUT2D eigenvalue weighted by atomic mass is 35.5. The number of halogens is 2. The molecule has 0 unspecified atom stereocenters. The van der Waals surface area contributed by atoms with Crippen LogP contribution in [0.5, 0.6) is 11.5 Å². The van der Waals surface area contributed by atoms with Crippen LogP contribution in [0.25, 0.3) is 0 Å². The van der Waals surface area contributed by atoms with E-state index in [0.29, 0.717) is 28.1 Å². The van der Waals surface area contributed by atoms with Crippen molar-refractivity contribution in [3.05, 3.63) is 52.0 Å². The van der Waals surface area contributed by atoms with E-state index < -0.39 is 0 Å². The summed E-state index contributed by atoms with van der Waals surface area (Å²) in [5.74, 6) is 3.68. The lowest BCUT2D eigenvalue weighted by molar-refractivity contribution is 0.330. The van der Waals surface area contributed by atoms with Gasteiger partial charge in [-0.05, 0) is 35.9 Å². The summed E-state index contributed by atoms with van der Waals surface area (Å²) in [4.78, 5) is 0. The highest BCUT2D eigenvalue weighted by Crippen LogP contribution is 2.29. The molecule has 22 heavy (non-hydrogen) atoms. The zero-order valence-corrected chi connectivity index (χ0v) is 13.5. The molecule has 2 aromatic rings. The molecule has 0 aliphatic carbocycles. The van der Waals surface area contributed by atoms with Crippen molar-refractivity contribution in [2.24, 2.45) is 0 Å². The lowest BCUT2D eigenvalue weighted by Gasteiger charge is -2.12. The molecule has 0 fully saturated rings. The Hall–Kier alpha value is -2.02. The zero-order valence-electron chi connectivity index (χ0n) is 12.0. The molecule has 0 saturated carbocycles. The molecule has 1 N–H and O–H groups in total. The fraction of sp³-hybridized carbons (Fsp3) is 0.176. The van der Waals surface area contributed by atoms with E-state index in [0.717, 1.165) is 11.3 Å². The molecule has 2 rings (SSSR count). The van der Waals surface area contributed by atoms with Crippen LogP contribution in [0.15, 0.2) is 36.4 Å². The molecule has 0 aliphatic heterocycles. The van der Waals surface area contributed by atoms with Gasteiger partial charge in [0, 0.05) is 11.6 Å². The Bertz CT molecular complexity index is 696. The van der Waals surface area contributed by atoms with Crippen LogP contribution in [0.1, 0.15) is 5.56 Å². The van der Waals surface area contributed by atoms with Gasteiger partial charge in [0.05, 0.1) is 17.8 Å². The van der Waals surface area contributed by atoms with Crippen LogP contribution in [0, 0.1) is 12.3 Å². The van der Waals surface area contributed by atoms with Crippen molar-refractivity contribution < 1.29 is 9.47 Å². The summed E-state index contributed by atoms with van der Waals surface area (Å²) in [6, 6.07) is 11.0. The Morgan fingerprint density at radius 2 is 1.95 bits per heavy atom. The SMILES string of the molecule is C#CCOc1ccc(CNc2ccc(Cl)cc2Cl)cc1OC. The van der Waals surface area contributed by atoms with Crippen molar-refractivity contribution in [1.82, 2.24) is 0 Å². The molecule has 2 aromatic carbocycles. The number of nitrogens with one attached hydrogen (secondary N) is 1. The Kier molecular flexibility index (Phi) is 5.83. The van der Waals surface area contributed by atoms with Crippen LogP contribution in [0.3, 0.4) is 0 Å². The van der Waals surface area contributed by atoms with Gasteiger partial charge in [-0.15, -0.1) is 6.42 Å². The van der Waals surface area contributed by atoms with Crippen LogP contribution < -0.4 is 14.8 Å². The molecular weight excluding hydrogens is 321 g/mol. The summed E-state index contributed by atoms with van der Waals surface area (Å²) in [5.41, 5.74) is 1.84. The molecule has 0 bridgehead atoms. The molecule has 0 heterocycles. The van der Waals surface area contributed by atoms with Gasteiger partial charge in [-0.25, -0.2) is 0 Å². The van der Waals surface area contributed by atoms with Crippen LogP contribution in [0.2, 0.25) is 10.0 Å². The normalized spacial score (nSPS) is 9.91. The summed E-state index contributed by atoms with van der Waals surface area (Å²) in [6.45, 7) is 0.793. The lowest BCUT2D eigenvalue weighted by atomic mass is 10.2. The Labute approximate surface area is 140 Å². The first kappa shape index (κ1) is 16.4. The van der Waals surface area contributed by atoms with Crippen molar-refractivity contribution in [3.8, 4) is 23.8 Å². The third-order valence-electron chi connectivity index (χ3n) is 2.95. The molecule has 0 aromatic heterocycles. The third-order valence-corrected chi connectivity index (χ3v) is 3.50. The first-order valence-corrected chi connectivity index (χ1v) is 7.31. The van der Waals surface area contributed by atoms with E-state index in [1.54, 1.807) is 19.2 Å². The largest absolute Gasteiger partial charge is 0.493 e. The quantitative estimate of drug-likeness (QED) is 0.781. The number of terminal acetylenes is 1. The summed E-state index contributed by atoms with van der Waals surface area (Å²) >= 11 is 12.0. The molecule has 0 aliphatic rings. The summed E-state index contributed by atoms with van der Waals surface area (Å²) in [6.07, 6.45) is 5.19. The van der Waals surface area contributed by atoms with Crippen LogP contribution in [-0.4, -0.2) is 13.7 Å². The predicted octanol–water partition coefficient (Wildman–Crippen LogP) is 4.63. The van der Waals surface area contributed by atoms with Gasteiger partial charge in [0.2, 0.25) is 0 Å². The number of rotatable bonds is 6. The first-order chi connectivity index (χ1) is 10.6. The molecule has 0 atom stereocenters. The maximum atomic E-state index is 6.13. The molecular formula is C17H15Cl2NO2. The number of hydrogen-bond donors (Lipinski definition) is 1. The average Bonchev–Trinajstić information content (AvgIpc) is 2.52. The molecule has 0 saturated heterocycles. The van der Waals surface area contributed by atoms with Gasteiger partial charge in [0.25, 0.3) is 0 Å². The number of methoxy groups -OCH3 is 1. The third kappa shape index (κ3) is 4.24. The molecule has 0 amide bonds. The average molecular weight is 336 g/mol. The van der Waals surface area contributed by atoms with Gasteiger partial charge < -0.3 is 14.8 Å². The number of benzene rings is 2. The van der Waals surface area contributed by atoms with E-state index in [1.165, 1.54) is 0 Å². The number of anilines is 1. The van der Waals surface area contributed by atoms with Crippen LogP contribution in [-0.2, 0) is 6.54 Å². The van der Waals surface area contributed by atoms with Gasteiger partial charge in [-0.3, -0.25) is 0 Å². The summed E-state index contributed by atoms with van der Waals surface area (Å²) in [5, 5.41) is 4.43. The minimum absolute atomic E-state index is 0.203. The van der Waals surface area contributed by atoms with Gasteiger partial charge in [-0.2, -0.15) is 0 Å². The Balaban J connectivity index is 2.08. The number of ether oxygens (including phenoxy) is 2. The second-order valence-corrected chi connectivity index (χ2v) is 5.30. The molecule has 0 spiro atoms. The van der Waals surface area contributed by atoms with Crippen molar-refractivity contribution in [3.63, 3.8) is 0 Å². The fourth-order valence-electron chi connectivity index (χ4n) is 1.89. The smallest absolute Gasteiger partial charge is 0.162 e. The summed E-state index contributed by atoms with van der Waals surface area (Å²) in [7, 11) is 1.59. The maximum Gasteiger partial charge on any atom is 0.162 e. The maximum absolute atomic E-state index is 6.13. The fourth-order valence-corrected chi connectivity index (χ4v) is 2.37. The highest BCUT2D eigenvalue weighted by molar-refractivity contribution is 6.36. The van der Waals surface area contributed by atoms with Gasteiger partial charge in [-0.1, -0.05) is 35.2 Å². The van der Waals surface area contributed by atoms with Crippen molar-refractivity contribution in [2.45, 2.75) is 6.54 Å². The topological polar surface area (TPSA) is 30.5 Å². The van der Waals surface area contributed by atoms with E-state index in [1.807, 2.05) is 24.3 Å². The van der Waals surface area contributed by atoms with E-state index in [2.05, 4.69) is 11.2 Å². The van der Waals surface area contributed by atoms with Crippen LogP contribution in [0.4, 0.5) is 5.69 Å². The van der Waals surface area contributed by atoms with E-state index >= 15 is 0 Å². The van der Waals surface area contributed by atoms with E-state index in [4.69, 9.17) is 39.1 Å². The van der Waals surface area contributed by atoms with Crippen molar-refractivity contribution >= 4 is 28.9 Å². The lowest BCUT2D eigenvalue weighted by Crippen LogP contribution is -2.02. The molecule has 5 heteroatoms. The second-order valence-electron chi connectivity index (χ2n) is 4.46. The minimum atomic E-state index is 0.203. The molecule has 0 radical (unpaired) electrons. The predicted molar refractivity (Wildman–Crippen MR) is 91.1 cm³/mol. The Morgan fingerprint density at radius 1 is 1.14 bits per heavy atom. The Morgan fingerprint density at radius 3 is 2.64 bits per heavy atom. The van der Waals surface area contributed by atoms with Gasteiger partial charge in [0.15, 0.2) is 11.5 Å². The zero-order chi connectivity index (χ0) is 15.9. The minimum Gasteiger partial charge on any atom is -0.493 e. The second kappa shape index (κ2) is 7.84. The monoisotopic (exact) mass is 335 g/mol. The van der Waals surface area contributed by atoms with Crippen LogP contribution >= 0.6 is 23.2 Å².